The van der Waals surface area contributed by atoms with Crippen LogP contribution in [0, 0.1) is 5.92 Å². The van der Waals surface area contributed by atoms with Gasteiger partial charge in [0.25, 0.3) is 0 Å². The zero-order valence-corrected chi connectivity index (χ0v) is 9.60. The van der Waals surface area contributed by atoms with Gasteiger partial charge in [-0.1, -0.05) is 0 Å². The molecule has 1 amide bonds. The molecule has 1 heterocycles. The number of carbonyl (C=O) groups excluding carboxylic acids is 1. The molecule has 2 atom stereocenters. The topological polar surface area (TPSA) is 78.9 Å². The summed E-state index contributed by atoms with van der Waals surface area (Å²) in [5.74, 6) is -1.37. The van der Waals surface area contributed by atoms with Crippen molar-refractivity contribution in [2.24, 2.45) is 5.92 Å². The molecule has 16 heavy (non-hydrogen) atoms. The zero-order valence-electron chi connectivity index (χ0n) is 9.60. The molecular weight excluding hydrogens is 212 g/mol. The molecule has 0 radical (unpaired) electrons. The van der Waals surface area contributed by atoms with Gasteiger partial charge in [-0.2, -0.15) is 0 Å². The molecule has 0 aromatic carbocycles. The Morgan fingerprint density at radius 1 is 1.50 bits per heavy atom. The summed E-state index contributed by atoms with van der Waals surface area (Å²) >= 11 is 0. The summed E-state index contributed by atoms with van der Waals surface area (Å²) in [5.41, 5.74) is 0. The van der Waals surface area contributed by atoms with Crippen molar-refractivity contribution in [3.63, 3.8) is 0 Å². The molecule has 0 spiro atoms. The van der Waals surface area contributed by atoms with Crippen LogP contribution in [0.25, 0.3) is 0 Å². The Morgan fingerprint density at radius 2 is 2.19 bits per heavy atom. The molecule has 2 N–H and O–H groups in total. The molecule has 1 saturated heterocycles. The second kappa shape index (κ2) is 5.81. The zero-order chi connectivity index (χ0) is 12.1. The van der Waals surface area contributed by atoms with Crippen LogP contribution >= 0.6 is 0 Å². The lowest BCUT2D eigenvalue weighted by atomic mass is 10.0. The first-order valence-electron chi connectivity index (χ1n) is 5.27. The van der Waals surface area contributed by atoms with Crippen molar-refractivity contribution < 1.29 is 19.4 Å². The van der Waals surface area contributed by atoms with Gasteiger partial charge in [-0.3, -0.25) is 14.5 Å². The van der Waals surface area contributed by atoms with Crippen molar-refractivity contribution in [3.05, 3.63) is 0 Å². The fourth-order valence-electron chi connectivity index (χ4n) is 1.79. The van der Waals surface area contributed by atoms with E-state index in [4.69, 9.17) is 9.84 Å². The van der Waals surface area contributed by atoms with Crippen LogP contribution in [0.3, 0.4) is 0 Å². The van der Waals surface area contributed by atoms with Crippen molar-refractivity contribution in [1.82, 2.24) is 10.2 Å². The second-order valence-corrected chi connectivity index (χ2v) is 4.01. The van der Waals surface area contributed by atoms with Crippen molar-refractivity contribution >= 4 is 11.9 Å². The fourth-order valence-corrected chi connectivity index (χ4v) is 1.79. The van der Waals surface area contributed by atoms with E-state index in [0.29, 0.717) is 19.7 Å². The van der Waals surface area contributed by atoms with Crippen LogP contribution in [0.1, 0.15) is 6.92 Å². The van der Waals surface area contributed by atoms with Crippen LogP contribution in [-0.2, 0) is 14.3 Å². The van der Waals surface area contributed by atoms with Crippen LogP contribution in [0.5, 0.6) is 0 Å². The normalized spacial score (nSPS) is 24.7. The summed E-state index contributed by atoms with van der Waals surface area (Å²) in [6, 6.07) is -0.105. The van der Waals surface area contributed by atoms with Gasteiger partial charge in [0.1, 0.15) is 0 Å². The molecule has 0 saturated carbocycles. The van der Waals surface area contributed by atoms with Gasteiger partial charge in [0.15, 0.2) is 0 Å². The average Bonchev–Trinajstić information content (AvgIpc) is 2.65. The third-order valence-corrected chi connectivity index (χ3v) is 2.77. The Kier molecular flexibility index (Phi) is 4.70. The number of carboxylic acids is 1. The molecule has 0 aromatic heterocycles. The molecular formula is C10H18N2O4. The van der Waals surface area contributed by atoms with Crippen molar-refractivity contribution in [2.75, 3.05) is 33.4 Å². The molecule has 6 heteroatoms. The highest BCUT2D eigenvalue weighted by molar-refractivity contribution is 5.72. The SMILES string of the molecule is CC(=O)NCCN(C)C1COCC1C(=O)O. The van der Waals surface area contributed by atoms with Crippen molar-refractivity contribution in [1.29, 1.82) is 0 Å². The molecule has 1 rings (SSSR count). The third-order valence-electron chi connectivity index (χ3n) is 2.77. The minimum absolute atomic E-state index is 0.0779. The van der Waals surface area contributed by atoms with E-state index in [0.717, 1.165) is 0 Å². The standard InChI is InChI=1S/C10H18N2O4/c1-7(13)11-3-4-12(2)9-6-16-5-8(9)10(14)15/h8-9H,3-6H2,1-2H3,(H,11,13)(H,14,15). The van der Waals surface area contributed by atoms with Gasteiger partial charge >= 0.3 is 5.97 Å². The summed E-state index contributed by atoms with van der Waals surface area (Å²) in [7, 11) is 1.84. The number of aliphatic carboxylic acids is 1. The number of hydrogen-bond donors (Lipinski definition) is 2. The van der Waals surface area contributed by atoms with Gasteiger partial charge in [-0.15, -0.1) is 0 Å². The lowest BCUT2D eigenvalue weighted by Gasteiger charge is -2.25. The van der Waals surface area contributed by atoms with Gasteiger partial charge in [0.2, 0.25) is 5.91 Å². The molecule has 2 unspecified atom stereocenters. The number of nitrogens with zero attached hydrogens (tertiary/aromatic N) is 1. The number of ether oxygens (including phenoxy) is 1. The van der Waals surface area contributed by atoms with E-state index < -0.39 is 11.9 Å². The predicted molar refractivity (Wildman–Crippen MR) is 57.0 cm³/mol. The van der Waals surface area contributed by atoms with E-state index in [1.165, 1.54) is 6.92 Å². The maximum absolute atomic E-state index is 10.9. The van der Waals surface area contributed by atoms with Crippen molar-refractivity contribution in [2.45, 2.75) is 13.0 Å². The number of likely N-dealkylation sites (N-methyl/N-ethyl adjacent to an activating group) is 1. The summed E-state index contributed by atoms with van der Waals surface area (Å²) in [6.45, 7) is 3.31. The van der Waals surface area contributed by atoms with E-state index >= 15 is 0 Å². The number of rotatable bonds is 5. The smallest absolute Gasteiger partial charge is 0.310 e. The minimum atomic E-state index is -0.825. The Balaban J connectivity index is 2.37. The first kappa shape index (κ1) is 12.9. The molecule has 92 valence electrons. The Hall–Kier alpha value is -1.14. The molecule has 6 nitrogen and oxygen atoms in total. The maximum Gasteiger partial charge on any atom is 0.310 e. The minimum Gasteiger partial charge on any atom is -0.481 e. The Labute approximate surface area is 94.6 Å². The Bertz CT molecular complexity index is 270. The molecule has 1 fully saturated rings. The number of hydrogen-bond acceptors (Lipinski definition) is 4. The molecule has 1 aliphatic rings. The van der Waals surface area contributed by atoms with E-state index in [2.05, 4.69) is 5.32 Å². The van der Waals surface area contributed by atoms with Crippen LogP contribution < -0.4 is 5.32 Å². The lowest BCUT2D eigenvalue weighted by molar-refractivity contribution is -0.143. The average molecular weight is 230 g/mol. The first-order chi connectivity index (χ1) is 7.52. The van der Waals surface area contributed by atoms with Gasteiger partial charge < -0.3 is 15.2 Å². The quantitative estimate of drug-likeness (QED) is 0.643. The van der Waals surface area contributed by atoms with Gasteiger partial charge in [0.05, 0.1) is 19.1 Å². The predicted octanol–water partition coefficient (Wildman–Crippen LogP) is -0.846. The van der Waals surface area contributed by atoms with Gasteiger partial charge in [-0.05, 0) is 7.05 Å². The largest absolute Gasteiger partial charge is 0.481 e. The van der Waals surface area contributed by atoms with E-state index in [9.17, 15) is 9.59 Å². The molecule has 1 aliphatic heterocycles. The number of amides is 1. The Morgan fingerprint density at radius 3 is 2.75 bits per heavy atom. The summed E-state index contributed by atoms with van der Waals surface area (Å²) in [4.78, 5) is 23.5. The van der Waals surface area contributed by atoms with E-state index in [1.807, 2.05) is 11.9 Å². The fraction of sp³-hybridized carbons (Fsp3) is 0.800. The summed E-state index contributed by atoms with van der Waals surface area (Å²) < 4.78 is 5.17. The van der Waals surface area contributed by atoms with E-state index in [-0.39, 0.29) is 18.6 Å². The monoisotopic (exact) mass is 230 g/mol. The van der Waals surface area contributed by atoms with Crippen LogP contribution in [0.15, 0.2) is 0 Å². The molecule has 0 bridgehead atoms. The maximum atomic E-state index is 10.9. The second-order valence-electron chi connectivity index (χ2n) is 4.01. The molecule has 0 aromatic rings. The van der Waals surface area contributed by atoms with E-state index in [1.54, 1.807) is 0 Å². The highest BCUT2D eigenvalue weighted by atomic mass is 16.5. The van der Waals surface area contributed by atoms with Crippen LogP contribution in [0.2, 0.25) is 0 Å². The summed E-state index contributed by atoms with van der Waals surface area (Å²) in [5, 5.41) is 11.6. The summed E-state index contributed by atoms with van der Waals surface area (Å²) in [6.07, 6.45) is 0. The number of carbonyl (C=O) groups is 2. The van der Waals surface area contributed by atoms with Gasteiger partial charge in [-0.25, -0.2) is 0 Å². The first-order valence-corrected chi connectivity index (χ1v) is 5.27. The lowest BCUT2D eigenvalue weighted by Crippen LogP contribution is -2.44. The van der Waals surface area contributed by atoms with Crippen LogP contribution in [-0.4, -0.2) is 61.3 Å². The van der Waals surface area contributed by atoms with Crippen molar-refractivity contribution in [3.8, 4) is 0 Å². The number of carboxylic acid groups (broad SMARTS) is 1. The van der Waals surface area contributed by atoms with Gasteiger partial charge in [0, 0.05) is 26.1 Å². The third kappa shape index (κ3) is 3.46. The van der Waals surface area contributed by atoms with Crippen LogP contribution in [0.4, 0.5) is 0 Å². The molecule has 0 aliphatic carbocycles. The number of nitrogens with one attached hydrogen (secondary N) is 1. The highest BCUT2D eigenvalue weighted by Crippen LogP contribution is 2.18. The highest BCUT2D eigenvalue weighted by Gasteiger charge is 2.36.